The molecule has 0 aliphatic rings. The summed E-state index contributed by atoms with van der Waals surface area (Å²) in [6.07, 6.45) is 5.13. The van der Waals surface area contributed by atoms with E-state index in [1.165, 1.54) is 0 Å². The molecule has 58 valence electrons. The molecular weight excluding hydrogens is 181 g/mol. The standard InChI is InChI=1S/C8H6ClN.ClH/c1-2-6-4-3-5-7(10)8(6)9;/h1,3-5H,10H2;1H. The predicted molar refractivity (Wildman–Crippen MR) is 51.0 cm³/mol. The summed E-state index contributed by atoms with van der Waals surface area (Å²) in [6.45, 7) is 0. The molecule has 11 heavy (non-hydrogen) atoms. The summed E-state index contributed by atoms with van der Waals surface area (Å²) < 4.78 is 0. The van der Waals surface area contributed by atoms with Gasteiger partial charge in [-0.15, -0.1) is 18.8 Å². The van der Waals surface area contributed by atoms with Crippen LogP contribution in [0.25, 0.3) is 0 Å². The van der Waals surface area contributed by atoms with E-state index in [2.05, 4.69) is 5.92 Å². The molecular formula is C8H7Cl2N. The van der Waals surface area contributed by atoms with Crippen molar-refractivity contribution in [1.29, 1.82) is 0 Å². The smallest absolute Gasteiger partial charge is 0.0791 e. The van der Waals surface area contributed by atoms with Crippen molar-refractivity contribution in [3.8, 4) is 12.3 Å². The summed E-state index contributed by atoms with van der Waals surface area (Å²) in [7, 11) is 0. The van der Waals surface area contributed by atoms with Gasteiger partial charge in [0.2, 0.25) is 0 Å². The molecule has 0 aromatic heterocycles. The summed E-state index contributed by atoms with van der Waals surface area (Å²) in [6, 6.07) is 5.23. The number of benzene rings is 1. The summed E-state index contributed by atoms with van der Waals surface area (Å²) >= 11 is 5.73. The largest absolute Gasteiger partial charge is 0.397 e. The highest BCUT2D eigenvalue weighted by atomic mass is 35.5. The highest BCUT2D eigenvalue weighted by Crippen LogP contribution is 2.21. The van der Waals surface area contributed by atoms with Crippen LogP contribution in [-0.2, 0) is 0 Å². The number of nitrogen functional groups attached to an aromatic ring is 1. The van der Waals surface area contributed by atoms with E-state index in [0.29, 0.717) is 16.3 Å². The fourth-order valence-corrected chi connectivity index (χ4v) is 0.842. The Hall–Kier alpha value is -0.840. The average Bonchev–Trinajstić information content (AvgIpc) is 1.95. The van der Waals surface area contributed by atoms with Crippen LogP contribution in [0.3, 0.4) is 0 Å². The molecule has 0 amide bonds. The van der Waals surface area contributed by atoms with Gasteiger partial charge in [0.1, 0.15) is 0 Å². The second-order valence-electron chi connectivity index (χ2n) is 1.85. The molecule has 0 bridgehead atoms. The Morgan fingerprint density at radius 3 is 2.55 bits per heavy atom. The predicted octanol–water partition coefficient (Wildman–Crippen LogP) is 2.33. The average molecular weight is 188 g/mol. The third-order valence-electron chi connectivity index (χ3n) is 1.18. The minimum atomic E-state index is 0. The Labute approximate surface area is 77.0 Å². The molecule has 0 spiro atoms. The maximum Gasteiger partial charge on any atom is 0.0791 e. The molecule has 3 heteroatoms. The Bertz CT molecular complexity index is 289. The van der Waals surface area contributed by atoms with Gasteiger partial charge in [-0.3, -0.25) is 0 Å². The van der Waals surface area contributed by atoms with Gasteiger partial charge in [0, 0.05) is 5.56 Å². The summed E-state index contributed by atoms with van der Waals surface area (Å²) in [5, 5.41) is 0.463. The Kier molecular flexibility index (Phi) is 3.81. The molecule has 0 aliphatic heterocycles. The minimum Gasteiger partial charge on any atom is -0.397 e. The number of anilines is 1. The Morgan fingerprint density at radius 1 is 1.45 bits per heavy atom. The lowest BCUT2D eigenvalue weighted by atomic mass is 10.2. The van der Waals surface area contributed by atoms with Gasteiger partial charge >= 0.3 is 0 Å². The van der Waals surface area contributed by atoms with Gasteiger partial charge < -0.3 is 5.73 Å². The quantitative estimate of drug-likeness (QED) is 0.490. The molecule has 0 heterocycles. The molecule has 1 rings (SSSR count). The van der Waals surface area contributed by atoms with E-state index in [1.807, 2.05) is 0 Å². The van der Waals surface area contributed by atoms with E-state index in [0.717, 1.165) is 0 Å². The molecule has 1 aromatic rings. The zero-order valence-electron chi connectivity index (χ0n) is 5.67. The van der Waals surface area contributed by atoms with Crippen LogP contribution in [-0.4, -0.2) is 0 Å². The number of nitrogens with two attached hydrogens (primary N) is 1. The van der Waals surface area contributed by atoms with Crippen molar-refractivity contribution >= 4 is 29.7 Å². The molecule has 1 aromatic carbocycles. The van der Waals surface area contributed by atoms with E-state index in [4.69, 9.17) is 23.8 Å². The van der Waals surface area contributed by atoms with E-state index < -0.39 is 0 Å². The van der Waals surface area contributed by atoms with Crippen LogP contribution < -0.4 is 5.73 Å². The lowest BCUT2D eigenvalue weighted by Crippen LogP contribution is -1.87. The molecule has 0 unspecified atom stereocenters. The van der Waals surface area contributed by atoms with Crippen molar-refractivity contribution in [2.24, 2.45) is 0 Å². The maximum atomic E-state index is 5.73. The van der Waals surface area contributed by atoms with Crippen molar-refractivity contribution < 1.29 is 0 Å². The summed E-state index contributed by atoms with van der Waals surface area (Å²) in [4.78, 5) is 0. The Balaban J connectivity index is 0.000001000. The van der Waals surface area contributed by atoms with Crippen molar-refractivity contribution in [3.05, 3.63) is 28.8 Å². The van der Waals surface area contributed by atoms with Crippen molar-refractivity contribution in [3.63, 3.8) is 0 Å². The molecule has 0 aliphatic carbocycles. The fraction of sp³-hybridized carbons (Fsp3) is 0. The SMILES string of the molecule is C#Cc1cccc(N)c1Cl.Cl. The highest BCUT2D eigenvalue weighted by Gasteiger charge is 1.98. The second-order valence-corrected chi connectivity index (χ2v) is 2.23. The van der Waals surface area contributed by atoms with Crippen molar-refractivity contribution in [1.82, 2.24) is 0 Å². The minimum absolute atomic E-state index is 0. The van der Waals surface area contributed by atoms with Crippen LogP contribution in [0.1, 0.15) is 5.56 Å². The molecule has 2 N–H and O–H groups in total. The van der Waals surface area contributed by atoms with E-state index in [-0.39, 0.29) is 12.4 Å². The van der Waals surface area contributed by atoms with Gasteiger partial charge in [-0.25, -0.2) is 0 Å². The summed E-state index contributed by atoms with van der Waals surface area (Å²) in [5.74, 6) is 2.42. The molecule has 0 atom stereocenters. The number of hydrogen-bond donors (Lipinski definition) is 1. The first-order valence-corrected chi connectivity index (χ1v) is 3.14. The van der Waals surface area contributed by atoms with Gasteiger partial charge in [0.25, 0.3) is 0 Å². The molecule has 0 saturated heterocycles. The topological polar surface area (TPSA) is 26.0 Å². The van der Waals surface area contributed by atoms with E-state index >= 15 is 0 Å². The van der Waals surface area contributed by atoms with Crippen molar-refractivity contribution in [2.75, 3.05) is 5.73 Å². The van der Waals surface area contributed by atoms with Crippen LogP contribution in [0, 0.1) is 12.3 Å². The number of hydrogen-bond acceptors (Lipinski definition) is 1. The van der Waals surface area contributed by atoms with Crippen LogP contribution >= 0.6 is 24.0 Å². The number of terminal acetylenes is 1. The third kappa shape index (κ3) is 2.04. The summed E-state index contributed by atoms with van der Waals surface area (Å²) in [5.41, 5.74) is 6.63. The van der Waals surface area contributed by atoms with Gasteiger partial charge in [-0.2, -0.15) is 0 Å². The van der Waals surface area contributed by atoms with E-state index in [1.54, 1.807) is 18.2 Å². The third-order valence-corrected chi connectivity index (χ3v) is 1.61. The van der Waals surface area contributed by atoms with E-state index in [9.17, 15) is 0 Å². The first-order valence-electron chi connectivity index (χ1n) is 2.76. The molecule has 1 nitrogen and oxygen atoms in total. The first-order chi connectivity index (χ1) is 4.75. The first kappa shape index (κ1) is 10.2. The Morgan fingerprint density at radius 2 is 2.09 bits per heavy atom. The lowest BCUT2D eigenvalue weighted by molar-refractivity contribution is 1.63. The zero-order valence-corrected chi connectivity index (χ0v) is 7.25. The second kappa shape index (κ2) is 4.12. The lowest BCUT2D eigenvalue weighted by Gasteiger charge is -1.97. The maximum absolute atomic E-state index is 5.73. The van der Waals surface area contributed by atoms with Gasteiger partial charge in [0.05, 0.1) is 10.7 Å². The monoisotopic (exact) mass is 187 g/mol. The van der Waals surface area contributed by atoms with Crippen LogP contribution in [0.4, 0.5) is 5.69 Å². The molecule has 0 fully saturated rings. The van der Waals surface area contributed by atoms with Gasteiger partial charge in [-0.05, 0) is 12.1 Å². The normalized spacial score (nSPS) is 8.00. The van der Waals surface area contributed by atoms with Crippen LogP contribution in [0.2, 0.25) is 5.02 Å². The zero-order chi connectivity index (χ0) is 7.56. The number of rotatable bonds is 0. The highest BCUT2D eigenvalue weighted by molar-refractivity contribution is 6.34. The number of halogens is 2. The van der Waals surface area contributed by atoms with Crippen LogP contribution in [0.15, 0.2) is 18.2 Å². The fourth-order valence-electron chi connectivity index (χ4n) is 0.661. The molecule has 0 radical (unpaired) electrons. The van der Waals surface area contributed by atoms with Gasteiger partial charge in [-0.1, -0.05) is 23.6 Å². The molecule has 0 saturated carbocycles. The van der Waals surface area contributed by atoms with Gasteiger partial charge in [0.15, 0.2) is 0 Å². The van der Waals surface area contributed by atoms with Crippen LogP contribution in [0.5, 0.6) is 0 Å². The van der Waals surface area contributed by atoms with Crippen molar-refractivity contribution in [2.45, 2.75) is 0 Å².